The number of benzene rings is 2. The molecule has 0 unspecified atom stereocenters. The van der Waals surface area contributed by atoms with Gasteiger partial charge in [-0.1, -0.05) is 23.4 Å². The lowest BCUT2D eigenvalue weighted by Crippen LogP contribution is -2.32. The summed E-state index contributed by atoms with van der Waals surface area (Å²) in [5, 5.41) is 10.6. The predicted octanol–water partition coefficient (Wildman–Crippen LogP) is 5.18. The summed E-state index contributed by atoms with van der Waals surface area (Å²) in [5.41, 5.74) is 0.937. The number of thioether (sulfide) groups is 1. The lowest BCUT2D eigenvalue weighted by atomic mass is 10.3. The van der Waals surface area contributed by atoms with Crippen LogP contribution in [-0.2, 0) is 6.42 Å². The lowest BCUT2D eigenvalue weighted by Gasteiger charge is -2.14. The van der Waals surface area contributed by atoms with Crippen LogP contribution in [0.5, 0.6) is 5.75 Å². The van der Waals surface area contributed by atoms with Crippen molar-refractivity contribution < 1.29 is 9.26 Å². The molecule has 2 N–H and O–H groups in total. The van der Waals surface area contributed by atoms with Gasteiger partial charge in [-0.15, -0.1) is 35.7 Å². The Hall–Kier alpha value is -2.27. The van der Waals surface area contributed by atoms with Gasteiger partial charge in [-0.3, -0.25) is 4.99 Å². The monoisotopic (exact) mass is 567 g/mol. The predicted molar refractivity (Wildman–Crippen MR) is 141 cm³/mol. The number of aryl methyl sites for hydroxylation is 1. The van der Waals surface area contributed by atoms with Crippen LogP contribution in [-0.4, -0.2) is 41.0 Å². The van der Waals surface area contributed by atoms with E-state index in [9.17, 15) is 0 Å². The summed E-state index contributed by atoms with van der Waals surface area (Å²) in [6.45, 7) is 7.15. The van der Waals surface area contributed by atoms with Gasteiger partial charge in [-0.05, 0) is 57.2 Å². The number of nitrogens with zero attached hydrogens (tertiary/aromatic N) is 3. The summed E-state index contributed by atoms with van der Waals surface area (Å²) >= 11 is 1.80. The fraction of sp³-hybridized carbons (Fsp3) is 0.348. The Morgan fingerprint density at radius 2 is 1.88 bits per heavy atom. The van der Waals surface area contributed by atoms with Crippen LogP contribution >= 0.6 is 35.7 Å². The summed E-state index contributed by atoms with van der Waals surface area (Å²) in [6.07, 6.45) is 0.737. The summed E-state index contributed by atoms with van der Waals surface area (Å²) in [7, 11) is 0. The van der Waals surface area contributed by atoms with E-state index in [0.29, 0.717) is 30.6 Å². The number of guanidine groups is 1. The number of anilines is 1. The summed E-state index contributed by atoms with van der Waals surface area (Å²) < 4.78 is 10.9. The number of nitrogens with one attached hydrogen (secondary N) is 2. The maximum absolute atomic E-state index is 5.71. The highest BCUT2D eigenvalue weighted by atomic mass is 127. The Morgan fingerprint density at radius 1 is 1.12 bits per heavy atom. The first-order valence-corrected chi connectivity index (χ1v) is 11.4. The molecule has 1 aromatic heterocycles. The lowest BCUT2D eigenvalue weighted by molar-refractivity contribution is 0.242. The zero-order chi connectivity index (χ0) is 21.9. The van der Waals surface area contributed by atoms with Crippen LogP contribution in [0.4, 0.5) is 5.69 Å². The van der Waals surface area contributed by atoms with Crippen LogP contribution in [0.3, 0.4) is 0 Å². The van der Waals surface area contributed by atoms with Gasteiger partial charge in [-0.25, -0.2) is 0 Å². The molecule has 0 spiro atoms. The van der Waals surface area contributed by atoms with Crippen LogP contribution in [0.2, 0.25) is 0 Å². The van der Waals surface area contributed by atoms with Crippen molar-refractivity contribution in [2.75, 3.05) is 24.2 Å². The Kier molecular flexibility index (Phi) is 11.4. The molecule has 0 atom stereocenters. The maximum atomic E-state index is 5.71. The second-order valence-corrected chi connectivity index (χ2v) is 8.29. The molecule has 0 aliphatic rings. The molecule has 32 heavy (non-hydrogen) atoms. The largest absolute Gasteiger partial charge is 0.491 e. The van der Waals surface area contributed by atoms with E-state index in [0.717, 1.165) is 23.7 Å². The van der Waals surface area contributed by atoms with E-state index in [-0.39, 0.29) is 30.1 Å². The van der Waals surface area contributed by atoms with Crippen LogP contribution in [0.1, 0.15) is 25.6 Å². The molecular weight excluding hydrogens is 537 g/mol. The first-order chi connectivity index (χ1) is 15.1. The normalized spacial score (nSPS) is 11.2. The minimum absolute atomic E-state index is 0. The molecule has 7 nitrogen and oxygen atoms in total. The molecule has 0 radical (unpaired) electrons. The Balaban J connectivity index is 0.00000363. The molecule has 3 aromatic rings. The second kappa shape index (κ2) is 14.0. The van der Waals surface area contributed by atoms with Gasteiger partial charge in [0.1, 0.15) is 5.75 Å². The van der Waals surface area contributed by atoms with Crippen LogP contribution in [0.15, 0.2) is 69.0 Å². The Bertz CT molecular complexity index is 949. The van der Waals surface area contributed by atoms with E-state index in [1.807, 2.05) is 51.1 Å². The number of aliphatic imine (C=N–C) groups is 1. The van der Waals surface area contributed by atoms with Crippen LogP contribution in [0, 0.1) is 6.92 Å². The van der Waals surface area contributed by atoms with E-state index in [1.165, 1.54) is 4.90 Å². The third-order valence-corrected chi connectivity index (χ3v) is 5.07. The minimum atomic E-state index is 0. The smallest absolute Gasteiger partial charge is 0.228 e. The third-order valence-electron chi connectivity index (χ3n) is 4.06. The fourth-order valence-electron chi connectivity index (χ4n) is 2.73. The molecular formula is C23H30IN5O2S. The molecule has 9 heteroatoms. The quantitative estimate of drug-likeness (QED) is 0.115. The summed E-state index contributed by atoms with van der Waals surface area (Å²) in [4.78, 5) is 10.1. The summed E-state index contributed by atoms with van der Waals surface area (Å²) in [5.74, 6) is 3.71. The standard InChI is InChI=1S/C23H29N5O2S.HI/c1-17(2)29-20-11-9-19(10-12-20)27-23(24-14-13-22-26-18(3)28-30-22)25-15-16-31-21-7-5-4-6-8-21;/h4-12,17H,13-16H2,1-3H3,(H2,24,25,27);1H. The zero-order valence-corrected chi connectivity index (χ0v) is 21.7. The molecule has 3 rings (SSSR count). The molecule has 0 saturated heterocycles. The number of ether oxygens (including phenoxy) is 1. The molecule has 172 valence electrons. The number of hydrogen-bond acceptors (Lipinski definition) is 6. The first kappa shape index (κ1) is 26.0. The average molecular weight is 567 g/mol. The van der Waals surface area contributed by atoms with E-state index < -0.39 is 0 Å². The Morgan fingerprint density at radius 3 is 2.53 bits per heavy atom. The number of aromatic nitrogens is 2. The molecule has 1 heterocycles. The summed E-state index contributed by atoms with van der Waals surface area (Å²) in [6, 6.07) is 18.2. The third kappa shape index (κ3) is 9.47. The molecule has 2 aromatic carbocycles. The van der Waals surface area contributed by atoms with Gasteiger partial charge in [0.05, 0.1) is 12.6 Å². The second-order valence-electron chi connectivity index (χ2n) is 7.12. The molecule has 0 amide bonds. The highest BCUT2D eigenvalue weighted by molar-refractivity contribution is 14.0. The van der Waals surface area contributed by atoms with Crippen molar-refractivity contribution in [1.29, 1.82) is 0 Å². The van der Waals surface area contributed by atoms with Crippen molar-refractivity contribution in [3.05, 3.63) is 66.3 Å². The highest BCUT2D eigenvalue weighted by Crippen LogP contribution is 2.17. The average Bonchev–Trinajstić information content (AvgIpc) is 3.17. The molecule has 0 saturated carbocycles. The Labute approximate surface area is 210 Å². The van der Waals surface area contributed by atoms with Crippen molar-refractivity contribution in [2.24, 2.45) is 4.99 Å². The van der Waals surface area contributed by atoms with E-state index in [4.69, 9.17) is 9.26 Å². The van der Waals surface area contributed by atoms with Crippen molar-refractivity contribution >= 4 is 47.4 Å². The molecule has 0 aliphatic heterocycles. The van der Waals surface area contributed by atoms with Gasteiger partial charge in [0.25, 0.3) is 0 Å². The SMILES string of the molecule is Cc1noc(CCN=C(NCCSc2ccccc2)Nc2ccc(OC(C)C)cc2)n1.I. The van der Waals surface area contributed by atoms with Gasteiger partial charge in [0.2, 0.25) is 5.89 Å². The van der Waals surface area contributed by atoms with Gasteiger partial charge < -0.3 is 19.9 Å². The highest BCUT2D eigenvalue weighted by Gasteiger charge is 2.05. The van der Waals surface area contributed by atoms with Crippen molar-refractivity contribution in [3.8, 4) is 5.75 Å². The van der Waals surface area contributed by atoms with Crippen molar-refractivity contribution in [3.63, 3.8) is 0 Å². The zero-order valence-electron chi connectivity index (χ0n) is 18.6. The maximum Gasteiger partial charge on any atom is 0.228 e. The van der Waals surface area contributed by atoms with E-state index >= 15 is 0 Å². The van der Waals surface area contributed by atoms with Crippen molar-refractivity contribution in [1.82, 2.24) is 15.5 Å². The van der Waals surface area contributed by atoms with E-state index in [1.54, 1.807) is 11.8 Å². The topological polar surface area (TPSA) is 84.6 Å². The van der Waals surface area contributed by atoms with Gasteiger partial charge in [0.15, 0.2) is 11.8 Å². The number of halogens is 1. The first-order valence-electron chi connectivity index (χ1n) is 10.4. The van der Waals surface area contributed by atoms with Gasteiger partial charge >= 0.3 is 0 Å². The number of rotatable bonds is 10. The molecule has 0 aliphatic carbocycles. The minimum Gasteiger partial charge on any atom is -0.491 e. The van der Waals surface area contributed by atoms with Gasteiger partial charge in [0, 0.05) is 29.3 Å². The van der Waals surface area contributed by atoms with Crippen LogP contribution < -0.4 is 15.4 Å². The fourth-order valence-corrected chi connectivity index (χ4v) is 3.51. The number of hydrogen-bond donors (Lipinski definition) is 2. The van der Waals surface area contributed by atoms with E-state index in [2.05, 4.69) is 50.0 Å². The molecule has 0 fully saturated rings. The van der Waals surface area contributed by atoms with Gasteiger partial charge in [-0.2, -0.15) is 4.98 Å². The van der Waals surface area contributed by atoms with Crippen molar-refractivity contribution in [2.45, 2.75) is 38.2 Å². The van der Waals surface area contributed by atoms with Crippen LogP contribution in [0.25, 0.3) is 0 Å². The molecule has 0 bridgehead atoms.